The molecule has 0 amide bonds. The normalized spacial score (nSPS) is 28.5. The van der Waals surface area contributed by atoms with E-state index in [-0.39, 0.29) is 5.60 Å². The van der Waals surface area contributed by atoms with Gasteiger partial charge in [0.05, 0.1) is 11.7 Å². The van der Waals surface area contributed by atoms with Crippen LogP contribution < -0.4 is 0 Å². The monoisotopic (exact) mass is 338 g/mol. The second-order valence-electron chi connectivity index (χ2n) is 5.74. The highest BCUT2D eigenvalue weighted by molar-refractivity contribution is 14.1. The van der Waals surface area contributed by atoms with Crippen molar-refractivity contribution in [2.24, 2.45) is 5.92 Å². The SMILES string of the molecule is CCCCCCC[C@H]1OC(C)(C)C[C@@H]1CI. The molecule has 1 aliphatic rings. The quantitative estimate of drug-likeness (QED) is 0.362. The van der Waals surface area contributed by atoms with Crippen LogP contribution in [0.25, 0.3) is 0 Å². The molecule has 0 aromatic heterocycles. The van der Waals surface area contributed by atoms with E-state index >= 15 is 0 Å². The Morgan fingerprint density at radius 2 is 1.88 bits per heavy atom. The average Bonchev–Trinajstić information content (AvgIpc) is 2.53. The van der Waals surface area contributed by atoms with E-state index in [2.05, 4.69) is 43.4 Å². The van der Waals surface area contributed by atoms with Crippen molar-refractivity contribution in [3.63, 3.8) is 0 Å². The number of unbranched alkanes of at least 4 members (excludes halogenated alkanes) is 4. The van der Waals surface area contributed by atoms with Gasteiger partial charge < -0.3 is 4.74 Å². The number of hydrogen-bond acceptors (Lipinski definition) is 1. The van der Waals surface area contributed by atoms with E-state index in [9.17, 15) is 0 Å². The molecule has 0 N–H and O–H groups in total. The van der Waals surface area contributed by atoms with Crippen LogP contribution in [0, 0.1) is 5.92 Å². The third-order valence-electron chi connectivity index (χ3n) is 3.54. The van der Waals surface area contributed by atoms with Crippen molar-refractivity contribution < 1.29 is 4.74 Å². The molecule has 1 nitrogen and oxygen atoms in total. The molecule has 2 atom stereocenters. The molecule has 1 fully saturated rings. The molecule has 16 heavy (non-hydrogen) atoms. The first-order valence-electron chi connectivity index (χ1n) is 6.83. The van der Waals surface area contributed by atoms with E-state index < -0.39 is 0 Å². The molecule has 1 aliphatic heterocycles. The molecular weight excluding hydrogens is 311 g/mol. The van der Waals surface area contributed by atoms with Crippen LogP contribution >= 0.6 is 22.6 Å². The second-order valence-corrected chi connectivity index (χ2v) is 6.62. The largest absolute Gasteiger partial charge is 0.372 e. The lowest BCUT2D eigenvalue weighted by atomic mass is 9.93. The Morgan fingerprint density at radius 1 is 1.19 bits per heavy atom. The summed E-state index contributed by atoms with van der Waals surface area (Å²) in [5, 5.41) is 0. The van der Waals surface area contributed by atoms with Crippen LogP contribution in [0.15, 0.2) is 0 Å². The molecule has 0 bridgehead atoms. The van der Waals surface area contributed by atoms with Crippen LogP contribution in [-0.2, 0) is 4.74 Å². The van der Waals surface area contributed by atoms with Gasteiger partial charge in [-0.25, -0.2) is 0 Å². The van der Waals surface area contributed by atoms with E-state index in [1.54, 1.807) is 0 Å². The summed E-state index contributed by atoms with van der Waals surface area (Å²) in [5.41, 5.74) is 0.129. The zero-order chi connectivity index (χ0) is 12.0. The van der Waals surface area contributed by atoms with Crippen molar-refractivity contribution in [2.45, 2.75) is 77.4 Å². The van der Waals surface area contributed by atoms with Gasteiger partial charge >= 0.3 is 0 Å². The molecule has 2 heteroatoms. The summed E-state index contributed by atoms with van der Waals surface area (Å²) >= 11 is 2.52. The molecule has 1 saturated heterocycles. The Balaban J connectivity index is 2.20. The van der Waals surface area contributed by atoms with Gasteiger partial charge in [-0.05, 0) is 32.6 Å². The highest BCUT2D eigenvalue weighted by atomic mass is 127. The lowest BCUT2D eigenvalue weighted by Crippen LogP contribution is -2.20. The maximum absolute atomic E-state index is 6.15. The molecule has 0 saturated carbocycles. The molecule has 1 heterocycles. The van der Waals surface area contributed by atoms with Crippen LogP contribution in [0.5, 0.6) is 0 Å². The Hall–Kier alpha value is 0.690. The van der Waals surface area contributed by atoms with Crippen molar-refractivity contribution in [3.8, 4) is 0 Å². The van der Waals surface area contributed by atoms with Gasteiger partial charge in [-0.15, -0.1) is 0 Å². The molecule has 0 aliphatic carbocycles. The fourth-order valence-electron chi connectivity index (χ4n) is 2.71. The number of hydrogen-bond donors (Lipinski definition) is 0. The van der Waals surface area contributed by atoms with Crippen LogP contribution in [-0.4, -0.2) is 16.1 Å². The highest BCUT2D eigenvalue weighted by Gasteiger charge is 2.38. The number of rotatable bonds is 7. The first-order chi connectivity index (χ1) is 7.59. The molecule has 0 aromatic carbocycles. The van der Waals surface area contributed by atoms with Crippen LogP contribution in [0.4, 0.5) is 0 Å². The third-order valence-corrected chi connectivity index (χ3v) is 4.67. The fourth-order valence-corrected chi connectivity index (χ4v) is 3.59. The summed E-state index contributed by atoms with van der Waals surface area (Å²) in [6.45, 7) is 6.75. The van der Waals surface area contributed by atoms with E-state index in [0.717, 1.165) is 5.92 Å². The third kappa shape index (κ3) is 4.91. The summed E-state index contributed by atoms with van der Waals surface area (Å²) in [6.07, 6.45) is 9.94. The Morgan fingerprint density at radius 3 is 2.50 bits per heavy atom. The first kappa shape index (κ1) is 14.7. The zero-order valence-electron chi connectivity index (χ0n) is 11.1. The van der Waals surface area contributed by atoms with Gasteiger partial charge in [0.2, 0.25) is 0 Å². The smallest absolute Gasteiger partial charge is 0.0634 e. The number of alkyl halides is 1. The van der Waals surface area contributed by atoms with E-state index in [1.807, 2.05) is 0 Å². The van der Waals surface area contributed by atoms with Gasteiger partial charge in [0.1, 0.15) is 0 Å². The lowest BCUT2D eigenvalue weighted by molar-refractivity contribution is -0.0237. The minimum Gasteiger partial charge on any atom is -0.372 e. The molecule has 0 radical (unpaired) electrons. The Bertz CT molecular complexity index is 191. The summed E-state index contributed by atoms with van der Waals surface area (Å²) in [6, 6.07) is 0. The van der Waals surface area contributed by atoms with Crippen molar-refractivity contribution in [3.05, 3.63) is 0 Å². The Labute approximate surface area is 115 Å². The first-order valence-corrected chi connectivity index (χ1v) is 8.35. The lowest BCUT2D eigenvalue weighted by Gasteiger charge is -2.19. The molecule has 0 aromatic rings. The molecular formula is C14H27IO. The van der Waals surface area contributed by atoms with Crippen molar-refractivity contribution in [2.75, 3.05) is 4.43 Å². The minimum absolute atomic E-state index is 0.129. The van der Waals surface area contributed by atoms with Gasteiger partial charge in [-0.1, -0.05) is 61.6 Å². The average molecular weight is 338 g/mol. The summed E-state index contributed by atoms with van der Waals surface area (Å²) in [4.78, 5) is 0. The predicted octanol–water partition coefficient (Wildman–Crippen LogP) is 4.97. The number of ether oxygens (including phenoxy) is 1. The number of halogens is 1. The van der Waals surface area contributed by atoms with Crippen LogP contribution in [0.2, 0.25) is 0 Å². The molecule has 1 rings (SSSR count). The van der Waals surface area contributed by atoms with Gasteiger partial charge in [-0.2, -0.15) is 0 Å². The van der Waals surface area contributed by atoms with E-state index in [0.29, 0.717) is 6.10 Å². The fraction of sp³-hybridized carbons (Fsp3) is 1.00. The predicted molar refractivity (Wildman–Crippen MR) is 79.3 cm³/mol. The topological polar surface area (TPSA) is 9.23 Å². The molecule has 96 valence electrons. The summed E-state index contributed by atoms with van der Waals surface area (Å²) in [7, 11) is 0. The molecule has 0 unspecified atom stereocenters. The van der Waals surface area contributed by atoms with Crippen molar-refractivity contribution in [1.29, 1.82) is 0 Å². The van der Waals surface area contributed by atoms with Crippen molar-refractivity contribution in [1.82, 2.24) is 0 Å². The molecule has 0 spiro atoms. The summed E-state index contributed by atoms with van der Waals surface area (Å²) < 4.78 is 7.40. The van der Waals surface area contributed by atoms with Gasteiger partial charge in [0.25, 0.3) is 0 Å². The summed E-state index contributed by atoms with van der Waals surface area (Å²) in [5.74, 6) is 0.793. The van der Waals surface area contributed by atoms with Crippen LogP contribution in [0.3, 0.4) is 0 Å². The van der Waals surface area contributed by atoms with Crippen molar-refractivity contribution >= 4 is 22.6 Å². The van der Waals surface area contributed by atoms with Gasteiger partial charge in [-0.3, -0.25) is 0 Å². The van der Waals surface area contributed by atoms with E-state index in [1.165, 1.54) is 49.4 Å². The van der Waals surface area contributed by atoms with Gasteiger partial charge in [0.15, 0.2) is 0 Å². The Kier molecular flexibility index (Phi) is 6.63. The minimum atomic E-state index is 0.129. The zero-order valence-corrected chi connectivity index (χ0v) is 13.3. The second kappa shape index (κ2) is 7.20. The van der Waals surface area contributed by atoms with Crippen LogP contribution in [0.1, 0.15) is 65.7 Å². The standard InChI is InChI=1S/C14H27IO/c1-4-5-6-7-8-9-13-12(11-15)10-14(2,3)16-13/h12-13H,4-11H2,1-3H3/t12-,13-/m1/s1. The maximum atomic E-state index is 6.15. The highest BCUT2D eigenvalue weighted by Crippen LogP contribution is 2.37. The maximum Gasteiger partial charge on any atom is 0.0634 e. The van der Waals surface area contributed by atoms with Gasteiger partial charge in [0, 0.05) is 4.43 Å². The van der Waals surface area contributed by atoms with E-state index in [4.69, 9.17) is 4.74 Å².